The molecule has 0 fully saturated rings. The smallest absolute Gasteiger partial charge is 0.250 e. The summed E-state index contributed by atoms with van der Waals surface area (Å²) in [4.78, 5) is 18.4. The fourth-order valence-corrected chi connectivity index (χ4v) is 1.06. The third kappa shape index (κ3) is 1.05. The summed E-state index contributed by atoms with van der Waals surface area (Å²) in [5, 5.41) is 0. The summed E-state index contributed by atoms with van der Waals surface area (Å²) in [6, 6.07) is 1.85. The van der Waals surface area contributed by atoms with Gasteiger partial charge < -0.3 is 0 Å². The molecule has 0 saturated heterocycles. The number of carbonyl (C=O) groups excluding carboxylic acids is 1. The van der Waals surface area contributed by atoms with Crippen LogP contribution in [-0.2, 0) is 11.2 Å². The van der Waals surface area contributed by atoms with Gasteiger partial charge in [0.1, 0.15) is 0 Å². The standard InChI is InChI=1S/C8H6N2O/c11-8-3-6-1-2-9-4-7(6)5-10-8/h1-2,4-5H,3H2. The van der Waals surface area contributed by atoms with Crippen molar-refractivity contribution in [3.8, 4) is 0 Å². The molecule has 0 atom stereocenters. The van der Waals surface area contributed by atoms with E-state index in [0.29, 0.717) is 6.42 Å². The third-order valence-corrected chi connectivity index (χ3v) is 1.64. The lowest BCUT2D eigenvalue weighted by Gasteiger charge is -2.05. The second kappa shape index (κ2) is 2.27. The van der Waals surface area contributed by atoms with E-state index in [1.54, 1.807) is 18.6 Å². The minimum atomic E-state index is -0.0799. The SMILES string of the molecule is O=C1Cc2ccncc2C=N1. The Bertz CT molecular complexity index is 331. The van der Waals surface area contributed by atoms with Gasteiger partial charge in [-0.2, -0.15) is 0 Å². The van der Waals surface area contributed by atoms with Crippen LogP contribution < -0.4 is 0 Å². The molecule has 1 aromatic heterocycles. The minimum Gasteiger partial charge on any atom is -0.272 e. The van der Waals surface area contributed by atoms with Crippen molar-refractivity contribution in [2.75, 3.05) is 0 Å². The molecule has 1 amide bonds. The predicted molar refractivity (Wildman–Crippen MR) is 40.5 cm³/mol. The highest BCUT2D eigenvalue weighted by atomic mass is 16.1. The Labute approximate surface area is 63.8 Å². The number of hydrogen-bond donors (Lipinski definition) is 0. The van der Waals surface area contributed by atoms with Gasteiger partial charge in [0.05, 0.1) is 6.42 Å². The van der Waals surface area contributed by atoms with Gasteiger partial charge in [-0.3, -0.25) is 9.78 Å². The fourth-order valence-electron chi connectivity index (χ4n) is 1.06. The quantitative estimate of drug-likeness (QED) is 0.537. The van der Waals surface area contributed by atoms with Crippen molar-refractivity contribution in [1.82, 2.24) is 4.98 Å². The molecule has 0 unspecified atom stereocenters. The van der Waals surface area contributed by atoms with Gasteiger partial charge in [0.25, 0.3) is 0 Å². The highest BCUT2D eigenvalue weighted by Gasteiger charge is 2.09. The molecule has 0 saturated carbocycles. The minimum absolute atomic E-state index is 0.0799. The Morgan fingerprint density at radius 2 is 2.36 bits per heavy atom. The number of amides is 1. The molecule has 2 heterocycles. The largest absolute Gasteiger partial charge is 0.272 e. The number of hydrogen-bond acceptors (Lipinski definition) is 2. The maximum Gasteiger partial charge on any atom is 0.250 e. The van der Waals surface area contributed by atoms with Crippen molar-refractivity contribution in [3.63, 3.8) is 0 Å². The van der Waals surface area contributed by atoms with E-state index < -0.39 is 0 Å². The first-order valence-corrected chi connectivity index (χ1v) is 3.36. The molecule has 3 nitrogen and oxygen atoms in total. The second-order valence-corrected chi connectivity index (χ2v) is 2.40. The summed E-state index contributed by atoms with van der Waals surface area (Å²) >= 11 is 0. The van der Waals surface area contributed by atoms with Crippen LogP contribution in [0.4, 0.5) is 0 Å². The van der Waals surface area contributed by atoms with Crippen molar-refractivity contribution in [3.05, 3.63) is 29.6 Å². The van der Waals surface area contributed by atoms with E-state index in [2.05, 4.69) is 9.98 Å². The molecule has 0 spiro atoms. The molecular weight excluding hydrogens is 140 g/mol. The van der Waals surface area contributed by atoms with E-state index in [9.17, 15) is 4.79 Å². The van der Waals surface area contributed by atoms with E-state index in [1.807, 2.05) is 6.07 Å². The van der Waals surface area contributed by atoms with Crippen LogP contribution in [0.1, 0.15) is 11.1 Å². The average Bonchev–Trinajstić information content (AvgIpc) is 2.04. The summed E-state index contributed by atoms with van der Waals surface area (Å²) in [5.74, 6) is -0.0799. The van der Waals surface area contributed by atoms with Gasteiger partial charge >= 0.3 is 0 Å². The number of nitrogens with zero attached hydrogens (tertiary/aromatic N) is 2. The molecular formula is C8H6N2O. The highest BCUT2D eigenvalue weighted by molar-refractivity contribution is 5.98. The van der Waals surface area contributed by atoms with E-state index in [1.165, 1.54) is 0 Å². The molecule has 0 bridgehead atoms. The third-order valence-electron chi connectivity index (χ3n) is 1.64. The lowest BCUT2D eigenvalue weighted by molar-refractivity contribution is -0.117. The maximum absolute atomic E-state index is 10.8. The first kappa shape index (κ1) is 6.22. The van der Waals surface area contributed by atoms with E-state index in [4.69, 9.17) is 0 Å². The molecule has 0 aliphatic carbocycles. The van der Waals surface area contributed by atoms with Crippen LogP contribution in [0, 0.1) is 0 Å². The molecule has 54 valence electrons. The molecule has 3 heteroatoms. The number of aliphatic imine (C=N–C) groups is 1. The zero-order valence-electron chi connectivity index (χ0n) is 5.82. The van der Waals surface area contributed by atoms with Crippen molar-refractivity contribution >= 4 is 12.1 Å². The molecule has 1 aromatic rings. The van der Waals surface area contributed by atoms with Crippen LogP contribution >= 0.6 is 0 Å². The lowest BCUT2D eigenvalue weighted by atomic mass is 10.1. The van der Waals surface area contributed by atoms with Gasteiger partial charge in [-0.25, -0.2) is 4.99 Å². The van der Waals surface area contributed by atoms with Crippen LogP contribution in [0.2, 0.25) is 0 Å². The van der Waals surface area contributed by atoms with Gasteiger partial charge in [-0.05, 0) is 11.6 Å². The Kier molecular flexibility index (Phi) is 1.28. The summed E-state index contributed by atoms with van der Waals surface area (Å²) in [6.07, 6.45) is 5.37. The van der Waals surface area contributed by atoms with Gasteiger partial charge in [-0.1, -0.05) is 0 Å². The van der Waals surface area contributed by atoms with Gasteiger partial charge in [0.15, 0.2) is 0 Å². The van der Waals surface area contributed by atoms with E-state index >= 15 is 0 Å². The van der Waals surface area contributed by atoms with E-state index in [-0.39, 0.29) is 5.91 Å². The Hall–Kier alpha value is -1.51. The molecule has 0 radical (unpaired) electrons. The van der Waals surface area contributed by atoms with Gasteiger partial charge in [0, 0.05) is 24.2 Å². The van der Waals surface area contributed by atoms with Crippen LogP contribution in [0.25, 0.3) is 0 Å². The number of fused-ring (bicyclic) bond motifs is 1. The molecule has 0 N–H and O–H groups in total. The Balaban J connectivity index is 2.54. The molecule has 0 aromatic carbocycles. The summed E-state index contributed by atoms with van der Waals surface area (Å²) in [7, 11) is 0. The summed E-state index contributed by atoms with van der Waals surface area (Å²) in [6.45, 7) is 0. The fraction of sp³-hybridized carbons (Fsp3) is 0.125. The van der Waals surface area contributed by atoms with Gasteiger partial charge in [0.2, 0.25) is 5.91 Å². The van der Waals surface area contributed by atoms with Crippen molar-refractivity contribution in [2.24, 2.45) is 4.99 Å². The van der Waals surface area contributed by atoms with Crippen molar-refractivity contribution in [1.29, 1.82) is 0 Å². The first-order chi connectivity index (χ1) is 5.36. The van der Waals surface area contributed by atoms with Gasteiger partial charge in [-0.15, -0.1) is 0 Å². The average molecular weight is 146 g/mol. The molecule has 1 aliphatic rings. The number of rotatable bonds is 0. The molecule has 11 heavy (non-hydrogen) atoms. The first-order valence-electron chi connectivity index (χ1n) is 3.36. The predicted octanol–water partition coefficient (Wildman–Crippen LogP) is 0.583. The zero-order valence-corrected chi connectivity index (χ0v) is 5.82. The van der Waals surface area contributed by atoms with Crippen LogP contribution in [0.5, 0.6) is 0 Å². The number of carbonyl (C=O) groups is 1. The topological polar surface area (TPSA) is 42.3 Å². The Morgan fingerprint density at radius 1 is 1.45 bits per heavy atom. The highest BCUT2D eigenvalue weighted by Crippen LogP contribution is 2.09. The monoisotopic (exact) mass is 146 g/mol. The molecule has 2 rings (SSSR count). The summed E-state index contributed by atoms with van der Waals surface area (Å²) < 4.78 is 0. The van der Waals surface area contributed by atoms with Crippen LogP contribution in [0.3, 0.4) is 0 Å². The normalized spacial score (nSPS) is 14.7. The van der Waals surface area contributed by atoms with Crippen molar-refractivity contribution in [2.45, 2.75) is 6.42 Å². The maximum atomic E-state index is 10.8. The number of pyridine rings is 1. The summed E-state index contributed by atoms with van der Waals surface area (Å²) in [5.41, 5.74) is 1.96. The zero-order chi connectivity index (χ0) is 7.68. The van der Waals surface area contributed by atoms with E-state index in [0.717, 1.165) is 11.1 Å². The molecule has 1 aliphatic heterocycles. The van der Waals surface area contributed by atoms with Crippen LogP contribution in [0.15, 0.2) is 23.5 Å². The second-order valence-electron chi connectivity index (χ2n) is 2.40. The van der Waals surface area contributed by atoms with Crippen LogP contribution in [-0.4, -0.2) is 17.1 Å². The lowest BCUT2D eigenvalue weighted by Crippen LogP contribution is -2.08. The number of aromatic nitrogens is 1. The Morgan fingerprint density at radius 3 is 3.27 bits per heavy atom. The van der Waals surface area contributed by atoms with Crippen molar-refractivity contribution < 1.29 is 4.79 Å².